The van der Waals surface area contributed by atoms with Crippen molar-refractivity contribution >= 4 is 21.9 Å². The van der Waals surface area contributed by atoms with Gasteiger partial charge in [0.1, 0.15) is 11.5 Å². The fourth-order valence-electron chi connectivity index (χ4n) is 3.74. The average Bonchev–Trinajstić information content (AvgIpc) is 3.31. The van der Waals surface area contributed by atoms with Crippen molar-refractivity contribution < 1.29 is 31.8 Å². The molecule has 0 aliphatic carbocycles. The highest BCUT2D eigenvalue weighted by Crippen LogP contribution is 2.30. The Balaban J connectivity index is 1.47. The van der Waals surface area contributed by atoms with E-state index in [0.29, 0.717) is 17.1 Å². The van der Waals surface area contributed by atoms with E-state index in [1.807, 2.05) is 13.8 Å². The Kier molecular flexibility index (Phi) is 7.05. The van der Waals surface area contributed by atoms with E-state index in [4.69, 9.17) is 18.6 Å². The molecule has 4 rings (SSSR count). The van der Waals surface area contributed by atoms with Crippen LogP contribution in [0.2, 0.25) is 0 Å². The summed E-state index contributed by atoms with van der Waals surface area (Å²) >= 11 is 0. The van der Waals surface area contributed by atoms with E-state index in [0.717, 1.165) is 0 Å². The fraction of sp³-hybridized carbons (Fsp3) is 0.348. The third-order valence-corrected chi connectivity index (χ3v) is 7.23. The van der Waals surface area contributed by atoms with Crippen LogP contribution in [0, 0.1) is 0 Å². The van der Waals surface area contributed by atoms with Crippen molar-refractivity contribution in [2.45, 2.75) is 31.0 Å². The molecule has 0 saturated carbocycles. The van der Waals surface area contributed by atoms with Gasteiger partial charge in [-0.1, -0.05) is 5.10 Å². The molecule has 0 unspecified atom stereocenters. The number of rotatable bonds is 7. The number of anilines is 1. The number of carbonyl (C=O) groups excluding carboxylic acids is 1. The Morgan fingerprint density at radius 3 is 2.17 bits per heavy atom. The summed E-state index contributed by atoms with van der Waals surface area (Å²) in [6.45, 7) is 4.21. The maximum Gasteiger partial charge on any atom is 0.322 e. The molecule has 3 aromatic rings. The molecule has 0 bridgehead atoms. The summed E-state index contributed by atoms with van der Waals surface area (Å²) in [7, 11) is -0.659. The predicted molar refractivity (Wildman–Crippen MR) is 126 cm³/mol. The number of benzene rings is 2. The normalized spacial score (nSPS) is 18.7. The van der Waals surface area contributed by atoms with Crippen LogP contribution >= 0.6 is 0 Å². The molecule has 35 heavy (non-hydrogen) atoms. The van der Waals surface area contributed by atoms with Gasteiger partial charge in [-0.15, -0.1) is 5.10 Å². The van der Waals surface area contributed by atoms with E-state index in [1.54, 1.807) is 18.2 Å². The van der Waals surface area contributed by atoms with Gasteiger partial charge in [0, 0.05) is 30.3 Å². The minimum atomic E-state index is -3.71. The van der Waals surface area contributed by atoms with E-state index < -0.39 is 15.9 Å². The van der Waals surface area contributed by atoms with E-state index in [-0.39, 0.29) is 47.7 Å². The van der Waals surface area contributed by atoms with Crippen LogP contribution < -0.4 is 14.8 Å². The molecule has 186 valence electrons. The molecule has 1 N–H and O–H groups in total. The van der Waals surface area contributed by atoms with E-state index in [2.05, 4.69) is 15.5 Å². The molecule has 2 atom stereocenters. The standard InChI is InChI=1S/C23H26N4O7S/c1-14-12-27(13-15(2)33-14)35(29,30)20-7-5-16(6-8-20)21(28)24-23-26-25-22(34-23)17-9-18(31-3)11-19(10-17)32-4/h5-11,14-15H,12-13H2,1-4H3,(H,24,26,28)/t14-,15-/m0/s1. The van der Waals surface area contributed by atoms with E-state index in [1.165, 1.54) is 42.8 Å². The zero-order chi connectivity index (χ0) is 25.2. The van der Waals surface area contributed by atoms with Gasteiger partial charge in [-0.2, -0.15) is 4.31 Å². The molecule has 1 aliphatic heterocycles. The van der Waals surface area contributed by atoms with Gasteiger partial charge in [-0.05, 0) is 50.2 Å². The SMILES string of the molecule is COc1cc(OC)cc(-c2nnc(NC(=O)c3ccc(S(=O)(=O)N4C[C@H](C)O[C@@H](C)C4)cc3)o2)c1. The summed E-state index contributed by atoms with van der Waals surface area (Å²) in [5, 5.41) is 10.3. The third-order valence-electron chi connectivity index (χ3n) is 5.38. The number of sulfonamides is 1. The Bertz CT molecular complexity index is 1280. The number of morpholine rings is 1. The molecular weight excluding hydrogens is 476 g/mol. The number of hydrogen-bond acceptors (Lipinski definition) is 9. The topological polar surface area (TPSA) is 133 Å². The lowest BCUT2D eigenvalue weighted by Crippen LogP contribution is -2.48. The molecule has 1 saturated heterocycles. The van der Waals surface area contributed by atoms with Crippen molar-refractivity contribution in [2.24, 2.45) is 0 Å². The highest BCUT2D eigenvalue weighted by molar-refractivity contribution is 7.89. The number of amides is 1. The Morgan fingerprint density at radius 1 is 1.00 bits per heavy atom. The van der Waals surface area contributed by atoms with Gasteiger partial charge >= 0.3 is 6.01 Å². The van der Waals surface area contributed by atoms with Gasteiger partial charge in [-0.25, -0.2) is 8.42 Å². The van der Waals surface area contributed by atoms with E-state index in [9.17, 15) is 13.2 Å². The number of aromatic nitrogens is 2. The minimum absolute atomic E-state index is 0.0994. The van der Waals surface area contributed by atoms with Crippen molar-refractivity contribution in [3.63, 3.8) is 0 Å². The van der Waals surface area contributed by atoms with Crippen LogP contribution in [0.3, 0.4) is 0 Å². The van der Waals surface area contributed by atoms with Gasteiger partial charge in [0.05, 0.1) is 31.3 Å². The number of nitrogens with one attached hydrogen (secondary N) is 1. The van der Waals surface area contributed by atoms with Crippen LogP contribution in [-0.2, 0) is 14.8 Å². The third kappa shape index (κ3) is 5.45. The monoisotopic (exact) mass is 502 g/mol. The molecule has 0 spiro atoms. The minimum Gasteiger partial charge on any atom is -0.497 e. The molecule has 11 nitrogen and oxygen atoms in total. The lowest BCUT2D eigenvalue weighted by molar-refractivity contribution is -0.0440. The van der Waals surface area contributed by atoms with Crippen LogP contribution in [0.25, 0.3) is 11.5 Å². The first kappa shape index (κ1) is 24.6. The van der Waals surface area contributed by atoms with Crippen LogP contribution in [0.5, 0.6) is 11.5 Å². The summed E-state index contributed by atoms with van der Waals surface area (Å²) in [6, 6.07) is 10.6. The van der Waals surface area contributed by atoms with Crippen LogP contribution in [0.4, 0.5) is 6.01 Å². The van der Waals surface area contributed by atoms with Crippen LogP contribution in [0.1, 0.15) is 24.2 Å². The van der Waals surface area contributed by atoms with Gasteiger partial charge < -0.3 is 18.6 Å². The van der Waals surface area contributed by atoms with Crippen molar-refractivity contribution in [3.05, 3.63) is 48.0 Å². The van der Waals surface area contributed by atoms with Gasteiger partial charge in [0.2, 0.25) is 15.9 Å². The number of carbonyl (C=O) groups is 1. The summed E-state index contributed by atoms with van der Waals surface area (Å²) in [4.78, 5) is 12.8. The number of hydrogen-bond donors (Lipinski definition) is 1. The average molecular weight is 503 g/mol. The first-order chi connectivity index (χ1) is 16.7. The number of ether oxygens (including phenoxy) is 3. The van der Waals surface area contributed by atoms with Crippen molar-refractivity contribution in [3.8, 4) is 23.0 Å². The van der Waals surface area contributed by atoms with Crippen LogP contribution in [0.15, 0.2) is 51.8 Å². The molecular formula is C23H26N4O7S. The maximum atomic E-state index is 13.0. The molecule has 0 radical (unpaired) electrons. The summed E-state index contributed by atoms with van der Waals surface area (Å²) < 4.78 is 49.0. The second-order valence-electron chi connectivity index (χ2n) is 8.07. The highest BCUT2D eigenvalue weighted by atomic mass is 32.2. The Labute approximate surface area is 203 Å². The van der Waals surface area contributed by atoms with Crippen LogP contribution in [-0.4, -0.2) is 68.3 Å². The highest BCUT2D eigenvalue weighted by Gasteiger charge is 2.32. The summed E-state index contributed by atoms with van der Waals surface area (Å²) in [6.07, 6.45) is -0.396. The second-order valence-corrected chi connectivity index (χ2v) is 10.0. The lowest BCUT2D eigenvalue weighted by atomic mass is 10.2. The molecule has 12 heteroatoms. The van der Waals surface area contributed by atoms with Gasteiger partial charge in [-0.3, -0.25) is 10.1 Å². The molecule has 1 aromatic heterocycles. The molecule has 2 heterocycles. The smallest absolute Gasteiger partial charge is 0.322 e. The zero-order valence-electron chi connectivity index (χ0n) is 19.7. The van der Waals surface area contributed by atoms with E-state index >= 15 is 0 Å². The first-order valence-electron chi connectivity index (χ1n) is 10.8. The largest absolute Gasteiger partial charge is 0.497 e. The Hall–Kier alpha value is -3.48. The maximum absolute atomic E-state index is 13.0. The number of methoxy groups -OCH3 is 2. The molecule has 2 aromatic carbocycles. The fourth-order valence-corrected chi connectivity index (χ4v) is 5.34. The van der Waals surface area contributed by atoms with Gasteiger partial charge in [0.15, 0.2) is 0 Å². The first-order valence-corrected chi connectivity index (χ1v) is 12.3. The number of nitrogens with zero attached hydrogens (tertiary/aromatic N) is 3. The van der Waals surface area contributed by atoms with Crippen molar-refractivity contribution in [1.29, 1.82) is 0 Å². The zero-order valence-corrected chi connectivity index (χ0v) is 20.5. The molecule has 1 fully saturated rings. The molecule has 1 aliphatic rings. The second kappa shape index (κ2) is 10.0. The van der Waals surface area contributed by atoms with Crippen molar-refractivity contribution in [2.75, 3.05) is 32.6 Å². The van der Waals surface area contributed by atoms with Crippen molar-refractivity contribution in [1.82, 2.24) is 14.5 Å². The lowest BCUT2D eigenvalue weighted by Gasteiger charge is -2.34. The molecule has 1 amide bonds. The predicted octanol–water partition coefficient (Wildman–Crippen LogP) is 2.80. The quantitative estimate of drug-likeness (QED) is 0.518. The Morgan fingerprint density at radius 2 is 1.60 bits per heavy atom. The summed E-state index contributed by atoms with van der Waals surface area (Å²) in [5.74, 6) is 0.715. The summed E-state index contributed by atoms with van der Waals surface area (Å²) in [5.41, 5.74) is 0.783. The van der Waals surface area contributed by atoms with Gasteiger partial charge in [0.25, 0.3) is 5.91 Å².